The molecule has 0 saturated heterocycles. The minimum Gasteiger partial charge on any atom is -0.387 e. The lowest BCUT2D eigenvalue weighted by Gasteiger charge is -2.18. The van der Waals surface area contributed by atoms with Crippen molar-refractivity contribution in [3.63, 3.8) is 0 Å². The average Bonchev–Trinajstić information content (AvgIpc) is 2.46. The van der Waals surface area contributed by atoms with E-state index in [1.54, 1.807) is 36.4 Å². The Hall–Kier alpha value is -1.42. The van der Waals surface area contributed by atoms with Crippen molar-refractivity contribution in [2.45, 2.75) is 19.1 Å². The molecule has 0 radical (unpaired) electrons. The van der Waals surface area contributed by atoms with E-state index in [1.165, 1.54) is 12.1 Å². The van der Waals surface area contributed by atoms with Crippen molar-refractivity contribution in [3.8, 4) is 0 Å². The van der Waals surface area contributed by atoms with Crippen molar-refractivity contribution in [1.82, 2.24) is 5.32 Å². The maximum atomic E-state index is 12.8. The predicted molar refractivity (Wildman–Crippen MR) is 79.2 cm³/mol. The molecule has 2 N–H and O–H groups in total. The molecule has 0 bridgehead atoms. The van der Waals surface area contributed by atoms with Crippen LogP contribution in [-0.4, -0.2) is 11.7 Å². The molecule has 20 heavy (non-hydrogen) atoms. The highest BCUT2D eigenvalue weighted by Gasteiger charge is 2.10. The fourth-order valence-electron chi connectivity index (χ4n) is 1.96. The van der Waals surface area contributed by atoms with Crippen LogP contribution in [0.1, 0.15) is 30.2 Å². The van der Waals surface area contributed by atoms with Crippen LogP contribution in [0.4, 0.5) is 4.39 Å². The first-order valence-electron chi connectivity index (χ1n) is 6.48. The Kier molecular flexibility index (Phi) is 5.12. The smallest absolute Gasteiger partial charge is 0.123 e. The molecule has 0 aliphatic rings. The number of hydrogen-bond donors (Lipinski definition) is 2. The third-order valence-corrected chi connectivity index (χ3v) is 3.49. The molecule has 0 saturated carbocycles. The molecule has 0 fully saturated rings. The van der Waals surface area contributed by atoms with Crippen molar-refractivity contribution in [2.24, 2.45) is 0 Å². The van der Waals surface area contributed by atoms with Crippen molar-refractivity contribution in [3.05, 3.63) is 70.5 Å². The Balaban J connectivity index is 1.91. The molecule has 106 valence electrons. The SMILES string of the molecule is CC(NCC(O)c1ccc(Cl)cc1)c1ccc(F)cc1. The maximum Gasteiger partial charge on any atom is 0.123 e. The largest absolute Gasteiger partial charge is 0.387 e. The van der Waals surface area contributed by atoms with Gasteiger partial charge in [0.05, 0.1) is 6.10 Å². The minimum atomic E-state index is -0.602. The molecule has 2 nitrogen and oxygen atoms in total. The van der Waals surface area contributed by atoms with E-state index in [4.69, 9.17) is 11.6 Å². The molecular weight excluding hydrogens is 277 g/mol. The van der Waals surface area contributed by atoms with Crippen LogP contribution < -0.4 is 5.32 Å². The molecule has 0 amide bonds. The number of hydrogen-bond acceptors (Lipinski definition) is 2. The van der Waals surface area contributed by atoms with E-state index >= 15 is 0 Å². The lowest BCUT2D eigenvalue weighted by molar-refractivity contribution is 0.171. The van der Waals surface area contributed by atoms with Gasteiger partial charge in [0.1, 0.15) is 5.82 Å². The van der Waals surface area contributed by atoms with E-state index in [1.807, 2.05) is 6.92 Å². The summed E-state index contributed by atoms with van der Waals surface area (Å²) in [7, 11) is 0. The Morgan fingerprint density at radius 3 is 2.20 bits per heavy atom. The Bertz CT molecular complexity index is 490. The minimum absolute atomic E-state index is 0.0394. The molecule has 2 aromatic rings. The van der Waals surface area contributed by atoms with Crippen LogP contribution in [0.25, 0.3) is 0 Å². The van der Waals surface area contributed by atoms with Gasteiger partial charge in [-0.1, -0.05) is 35.9 Å². The summed E-state index contributed by atoms with van der Waals surface area (Å²) in [6.45, 7) is 2.39. The third kappa shape index (κ3) is 4.04. The molecule has 0 spiro atoms. The van der Waals surface area contributed by atoms with Gasteiger partial charge in [0.25, 0.3) is 0 Å². The fourth-order valence-corrected chi connectivity index (χ4v) is 2.09. The lowest BCUT2D eigenvalue weighted by atomic mass is 10.1. The first-order valence-corrected chi connectivity index (χ1v) is 6.86. The Morgan fingerprint density at radius 1 is 1.05 bits per heavy atom. The Labute approximate surface area is 123 Å². The molecule has 0 aliphatic heterocycles. The highest BCUT2D eigenvalue weighted by Crippen LogP contribution is 2.18. The second kappa shape index (κ2) is 6.84. The van der Waals surface area contributed by atoms with Crippen LogP contribution in [0.5, 0.6) is 0 Å². The summed E-state index contributed by atoms with van der Waals surface area (Å²) in [4.78, 5) is 0. The zero-order valence-electron chi connectivity index (χ0n) is 11.2. The first kappa shape index (κ1) is 15.0. The standard InChI is InChI=1S/C16H17ClFNO/c1-11(12-4-8-15(18)9-5-12)19-10-16(20)13-2-6-14(17)7-3-13/h2-9,11,16,19-20H,10H2,1H3. The van der Waals surface area contributed by atoms with Crippen molar-refractivity contribution >= 4 is 11.6 Å². The first-order chi connectivity index (χ1) is 9.56. The second-order valence-corrected chi connectivity index (χ2v) is 5.19. The number of aliphatic hydroxyl groups excluding tert-OH is 1. The zero-order chi connectivity index (χ0) is 14.5. The molecule has 2 unspecified atom stereocenters. The molecule has 0 aliphatic carbocycles. The summed E-state index contributed by atoms with van der Waals surface area (Å²) in [6.07, 6.45) is -0.602. The van der Waals surface area contributed by atoms with E-state index in [-0.39, 0.29) is 11.9 Å². The molecule has 0 heterocycles. The van der Waals surface area contributed by atoms with E-state index in [0.717, 1.165) is 11.1 Å². The normalized spacial score (nSPS) is 14.0. The van der Waals surface area contributed by atoms with Crippen molar-refractivity contribution in [2.75, 3.05) is 6.54 Å². The summed E-state index contributed by atoms with van der Waals surface area (Å²) in [5, 5.41) is 14.0. The van der Waals surface area contributed by atoms with Gasteiger partial charge in [-0.05, 0) is 42.3 Å². The summed E-state index contributed by atoms with van der Waals surface area (Å²) in [5.74, 6) is -0.248. The molecule has 2 aromatic carbocycles. The van der Waals surface area contributed by atoms with Gasteiger partial charge in [-0.2, -0.15) is 0 Å². The summed E-state index contributed by atoms with van der Waals surface area (Å²) in [6, 6.07) is 13.5. The van der Waals surface area contributed by atoms with E-state index in [0.29, 0.717) is 11.6 Å². The van der Waals surface area contributed by atoms with Crippen LogP contribution >= 0.6 is 11.6 Å². The average molecular weight is 294 g/mol. The van der Waals surface area contributed by atoms with Gasteiger partial charge >= 0.3 is 0 Å². The number of halogens is 2. The summed E-state index contributed by atoms with van der Waals surface area (Å²) in [5.41, 5.74) is 1.79. The highest BCUT2D eigenvalue weighted by atomic mass is 35.5. The quantitative estimate of drug-likeness (QED) is 0.877. The molecular formula is C16H17ClFNO. The Morgan fingerprint density at radius 2 is 1.60 bits per heavy atom. The van der Waals surface area contributed by atoms with Gasteiger partial charge in [-0.3, -0.25) is 0 Å². The highest BCUT2D eigenvalue weighted by molar-refractivity contribution is 6.30. The van der Waals surface area contributed by atoms with Gasteiger partial charge in [-0.15, -0.1) is 0 Å². The van der Waals surface area contributed by atoms with Crippen molar-refractivity contribution in [1.29, 1.82) is 0 Å². The van der Waals surface area contributed by atoms with Gasteiger partial charge in [0, 0.05) is 17.6 Å². The topological polar surface area (TPSA) is 32.3 Å². The van der Waals surface area contributed by atoms with Gasteiger partial charge in [0.15, 0.2) is 0 Å². The van der Waals surface area contributed by atoms with Crippen LogP contribution in [0, 0.1) is 5.82 Å². The maximum absolute atomic E-state index is 12.8. The third-order valence-electron chi connectivity index (χ3n) is 3.24. The predicted octanol–water partition coefficient (Wildman–Crippen LogP) is 3.86. The van der Waals surface area contributed by atoms with E-state index < -0.39 is 6.10 Å². The molecule has 2 atom stereocenters. The van der Waals surface area contributed by atoms with E-state index in [2.05, 4.69) is 5.32 Å². The van der Waals surface area contributed by atoms with Gasteiger partial charge in [0.2, 0.25) is 0 Å². The van der Waals surface area contributed by atoms with Gasteiger partial charge < -0.3 is 10.4 Å². The van der Waals surface area contributed by atoms with Crippen LogP contribution in [0.15, 0.2) is 48.5 Å². The summed E-state index contributed by atoms with van der Waals surface area (Å²) < 4.78 is 12.8. The zero-order valence-corrected chi connectivity index (χ0v) is 11.9. The number of aliphatic hydroxyl groups is 1. The van der Waals surface area contributed by atoms with Crippen molar-refractivity contribution < 1.29 is 9.50 Å². The fraction of sp³-hybridized carbons (Fsp3) is 0.250. The van der Waals surface area contributed by atoms with Gasteiger partial charge in [-0.25, -0.2) is 4.39 Å². The number of benzene rings is 2. The number of nitrogens with one attached hydrogen (secondary N) is 1. The van der Waals surface area contributed by atoms with Crippen LogP contribution in [0.2, 0.25) is 5.02 Å². The summed E-state index contributed by atoms with van der Waals surface area (Å²) >= 11 is 5.81. The molecule has 2 rings (SSSR count). The lowest BCUT2D eigenvalue weighted by Crippen LogP contribution is -2.24. The van der Waals surface area contributed by atoms with Crippen LogP contribution in [-0.2, 0) is 0 Å². The monoisotopic (exact) mass is 293 g/mol. The second-order valence-electron chi connectivity index (χ2n) is 4.75. The number of rotatable bonds is 5. The van der Waals surface area contributed by atoms with E-state index in [9.17, 15) is 9.50 Å². The molecule has 4 heteroatoms. The van der Waals surface area contributed by atoms with Crippen LogP contribution in [0.3, 0.4) is 0 Å². The molecule has 0 aromatic heterocycles.